The highest BCUT2D eigenvalue weighted by molar-refractivity contribution is 5.24. The van der Waals surface area contributed by atoms with E-state index < -0.39 is 0 Å². The maximum absolute atomic E-state index is 8.76. The van der Waals surface area contributed by atoms with Crippen LogP contribution in [0, 0.1) is 6.92 Å². The molecule has 2 rings (SSSR count). The summed E-state index contributed by atoms with van der Waals surface area (Å²) in [6.07, 6.45) is 1.25. The van der Waals surface area contributed by atoms with Crippen LogP contribution in [-0.4, -0.2) is 10.2 Å². The van der Waals surface area contributed by atoms with E-state index in [0.717, 1.165) is 0 Å². The highest BCUT2D eigenvalue weighted by Gasteiger charge is 1.82. The van der Waals surface area contributed by atoms with Crippen molar-refractivity contribution in [2.45, 2.75) is 41.0 Å². The van der Waals surface area contributed by atoms with Crippen molar-refractivity contribution in [1.29, 1.82) is 0 Å². The summed E-state index contributed by atoms with van der Waals surface area (Å²) in [5, 5.41) is 17.4. The van der Waals surface area contributed by atoms with Crippen molar-refractivity contribution in [2.24, 2.45) is 0 Å². The second-order valence-electron chi connectivity index (χ2n) is 3.88. The second kappa shape index (κ2) is 15.1. The number of benzene rings is 2. The van der Waals surface area contributed by atoms with Gasteiger partial charge in [0, 0.05) is 0 Å². The van der Waals surface area contributed by atoms with Crippen molar-refractivity contribution in [3.05, 3.63) is 60.2 Å². The molecule has 0 radical (unpaired) electrons. The minimum Gasteiger partial charge on any atom is -0.508 e. The Balaban J connectivity index is 0. The van der Waals surface area contributed by atoms with E-state index >= 15 is 0 Å². The van der Waals surface area contributed by atoms with Gasteiger partial charge in [0.1, 0.15) is 11.5 Å². The highest BCUT2D eigenvalue weighted by Crippen LogP contribution is 2.07. The molecule has 0 fully saturated rings. The number of rotatable bonds is 0. The van der Waals surface area contributed by atoms with Crippen LogP contribution in [0.1, 0.15) is 39.7 Å². The Morgan fingerprint density at radius 3 is 1.30 bits per heavy atom. The zero-order valence-corrected chi connectivity index (χ0v) is 13.3. The van der Waals surface area contributed by atoms with Crippen molar-refractivity contribution in [3.63, 3.8) is 0 Å². The SMILES string of the molecule is CC.CCC.Cc1ccc(O)cc1.Oc1ccccc1. The molecule has 0 bridgehead atoms. The monoisotopic (exact) mass is 276 g/mol. The Hall–Kier alpha value is -1.96. The predicted molar refractivity (Wildman–Crippen MR) is 88.3 cm³/mol. The minimum atomic E-state index is 0.322. The Labute approximate surface area is 123 Å². The third kappa shape index (κ3) is 14.1. The van der Waals surface area contributed by atoms with E-state index in [2.05, 4.69) is 13.8 Å². The van der Waals surface area contributed by atoms with Gasteiger partial charge in [-0.2, -0.15) is 0 Å². The summed E-state index contributed by atoms with van der Waals surface area (Å²) < 4.78 is 0. The van der Waals surface area contributed by atoms with Gasteiger partial charge in [-0.25, -0.2) is 0 Å². The molecule has 0 saturated heterocycles. The van der Waals surface area contributed by atoms with Gasteiger partial charge < -0.3 is 10.2 Å². The van der Waals surface area contributed by atoms with Crippen molar-refractivity contribution >= 4 is 0 Å². The first-order chi connectivity index (χ1) is 9.60. The van der Waals surface area contributed by atoms with Gasteiger partial charge in [-0.15, -0.1) is 0 Å². The largest absolute Gasteiger partial charge is 0.508 e. The van der Waals surface area contributed by atoms with Gasteiger partial charge in [0.15, 0.2) is 0 Å². The molecule has 0 saturated carbocycles. The molecule has 2 nitrogen and oxygen atoms in total. The van der Waals surface area contributed by atoms with E-state index in [4.69, 9.17) is 10.2 Å². The quantitative estimate of drug-likeness (QED) is 0.663. The fourth-order valence-corrected chi connectivity index (χ4v) is 0.973. The molecule has 2 heteroatoms. The zero-order valence-electron chi connectivity index (χ0n) is 13.3. The third-order valence-electron chi connectivity index (χ3n) is 1.79. The maximum atomic E-state index is 8.76. The number of aryl methyl sites for hydroxylation is 1. The Morgan fingerprint density at radius 1 is 0.700 bits per heavy atom. The molecular formula is C18H28O2. The first kappa shape index (κ1) is 20.4. The molecule has 112 valence electrons. The number of para-hydroxylation sites is 1. The number of phenols is 2. The number of aromatic hydroxyl groups is 2. The van der Waals surface area contributed by atoms with E-state index in [9.17, 15) is 0 Å². The van der Waals surface area contributed by atoms with Crippen molar-refractivity contribution in [3.8, 4) is 11.5 Å². The van der Waals surface area contributed by atoms with Crippen LogP contribution in [0.3, 0.4) is 0 Å². The number of hydrogen-bond donors (Lipinski definition) is 2. The molecule has 0 aliphatic carbocycles. The fraction of sp³-hybridized carbons (Fsp3) is 0.333. The Kier molecular flexibility index (Phi) is 15.4. The van der Waals surface area contributed by atoms with E-state index in [0.29, 0.717) is 11.5 Å². The molecule has 20 heavy (non-hydrogen) atoms. The van der Waals surface area contributed by atoms with Crippen LogP contribution in [0.5, 0.6) is 11.5 Å². The second-order valence-corrected chi connectivity index (χ2v) is 3.88. The van der Waals surface area contributed by atoms with Gasteiger partial charge in [-0.3, -0.25) is 0 Å². The molecule has 0 aliphatic rings. The molecule has 0 amide bonds. The predicted octanol–water partition coefficient (Wildman–Crippen LogP) is 5.54. The Bertz CT molecular complexity index is 373. The van der Waals surface area contributed by atoms with Crippen LogP contribution >= 0.6 is 0 Å². The van der Waals surface area contributed by atoms with Crippen LogP contribution in [0.25, 0.3) is 0 Å². The first-order valence-corrected chi connectivity index (χ1v) is 7.09. The number of hydrogen-bond acceptors (Lipinski definition) is 2. The molecule has 0 heterocycles. The lowest BCUT2D eigenvalue weighted by Crippen LogP contribution is -1.66. The third-order valence-corrected chi connectivity index (χ3v) is 1.79. The average molecular weight is 276 g/mol. The van der Waals surface area contributed by atoms with Gasteiger partial charge in [0.25, 0.3) is 0 Å². The molecule has 2 aromatic carbocycles. The van der Waals surface area contributed by atoms with Gasteiger partial charge >= 0.3 is 0 Å². The van der Waals surface area contributed by atoms with Gasteiger partial charge in [-0.1, -0.05) is 70.0 Å². The van der Waals surface area contributed by atoms with Gasteiger partial charge in [-0.05, 0) is 31.2 Å². The van der Waals surface area contributed by atoms with Crippen molar-refractivity contribution in [2.75, 3.05) is 0 Å². The van der Waals surface area contributed by atoms with E-state index in [1.54, 1.807) is 36.4 Å². The molecule has 0 atom stereocenters. The van der Waals surface area contributed by atoms with Crippen LogP contribution in [0.4, 0.5) is 0 Å². The topological polar surface area (TPSA) is 40.5 Å². The van der Waals surface area contributed by atoms with Crippen LogP contribution in [0.2, 0.25) is 0 Å². The van der Waals surface area contributed by atoms with Crippen LogP contribution < -0.4 is 0 Å². The summed E-state index contributed by atoms with van der Waals surface area (Å²) in [5.74, 6) is 0.651. The smallest absolute Gasteiger partial charge is 0.115 e. The maximum Gasteiger partial charge on any atom is 0.115 e. The van der Waals surface area contributed by atoms with Crippen LogP contribution in [-0.2, 0) is 0 Å². The lowest BCUT2D eigenvalue weighted by Gasteiger charge is -1.89. The zero-order chi connectivity index (χ0) is 15.8. The van der Waals surface area contributed by atoms with Gasteiger partial charge in [0.2, 0.25) is 0 Å². The standard InChI is InChI=1S/C7H8O.C6H6O.C3H8.C2H6/c1-6-2-4-7(8)5-3-6;7-6-4-2-1-3-5-6;1-3-2;1-2/h2-5,8H,1H3;1-5,7H;3H2,1-2H3;1-2H3. The molecule has 2 N–H and O–H groups in total. The summed E-state index contributed by atoms with van der Waals surface area (Å²) >= 11 is 0. The summed E-state index contributed by atoms with van der Waals surface area (Å²) in [6, 6.07) is 15.8. The molecule has 0 aromatic heterocycles. The highest BCUT2D eigenvalue weighted by atomic mass is 16.3. The van der Waals surface area contributed by atoms with Crippen LogP contribution in [0.15, 0.2) is 54.6 Å². The summed E-state index contributed by atoms with van der Waals surface area (Å²) in [4.78, 5) is 0. The minimum absolute atomic E-state index is 0.322. The normalized spacial score (nSPS) is 7.85. The lowest BCUT2D eigenvalue weighted by molar-refractivity contribution is 0.474. The average Bonchev–Trinajstić information content (AvgIpc) is 2.47. The summed E-state index contributed by atoms with van der Waals surface area (Å²) in [5.41, 5.74) is 1.17. The molecule has 2 aromatic rings. The summed E-state index contributed by atoms with van der Waals surface area (Å²) in [7, 11) is 0. The summed E-state index contributed by atoms with van der Waals surface area (Å²) in [6.45, 7) is 10.2. The first-order valence-electron chi connectivity index (χ1n) is 7.09. The van der Waals surface area contributed by atoms with E-state index in [-0.39, 0.29) is 0 Å². The molecule has 0 spiro atoms. The fourth-order valence-electron chi connectivity index (χ4n) is 0.973. The lowest BCUT2D eigenvalue weighted by atomic mass is 10.2. The molecule has 0 unspecified atom stereocenters. The van der Waals surface area contributed by atoms with Crippen molar-refractivity contribution < 1.29 is 10.2 Å². The van der Waals surface area contributed by atoms with E-state index in [1.165, 1.54) is 12.0 Å². The van der Waals surface area contributed by atoms with Gasteiger partial charge in [0.05, 0.1) is 0 Å². The Morgan fingerprint density at radius 2 is 1.05 bits per heavy atom. The molecule has 0 aliphatic heterocycles. The number of phenolic OH excluding ortho intramolecular Hbond substituents is 2. The van der Waals surface area contributed by atoms with E-state index in [1.807, 2.05) is 39.0 Å². The molecular weight excluding hydrogens is 248 g/mol. The van der Waals surface area contributed by atoms with Crippen molar-refractivity contribution in [1.82, 2.24) is 0 Å².